The number of hydrogen-bond acceptors (Lipinski definition) is 5. The van der Waals surface area contributed by atoms with Crippen molar-refractivity contribution in [3.63, 3.8) is 0 Å². The Labute approximate surface area is 162 Å². The topological polar surface area (TPSA) is 66.5 Å². The molecule has 3 heterocycles. The van der Waals surface area contributed by atoms with Crippen molar-refractivity contribution in [2.45, 2.75) is 58.3 Å². The molecule has 3 fully saturated rings. The van der Waals surface area contributed by atoms with E-state index < -0.39 is 0 Å². The van der Waals surface area contributed by atoms with E-state index in [-0.39, 0.29) is 23.5 Å². The highest BCUT2D eigenvalue weighted by Gasteiger charge is 2.49. The lowest BCUT2D eigenvalue weighted by Gasteiger charge is -2.37. The number of fused-ring (bicyclic) bond motifs is 1. The summed E-state index contributed by atoms with van der Waals surface area (Å²) in [6, 6.07) is 4.14. The first-order valence-corrected chi connectivity index (χ1v) is 10.4. The van der Waals surface area contributed by atoms with E-state index >= 15 is 0 Å². The molecule has 4 rings (SSSR count). The van der Waals surface area contributed by atoms with Gasteiger partial charge in [0.05, 0.1) is 17.6 Å². The number of anilines is 1. The average Bonchev–Trinajstić information content (AvgIpc) is 3.11. The lowest BCUT2D eigenvalue weighted by Crippen LogP contribution is -2.47. The molecular weight excluding hydrogens is 340 g/mol. The Kier molecular flexibility index (Phi) is 5.37. The van der Waals surface area contributed by atoms with Crippen molar-refractivity contribution >= 4 is 11.7 Å². The standard InChI is InChI=1S/C21H32N4O2/c1-15-12-25(13-16(2)27-15)19-7-6-17(9-23-19)10-24-20(26)21-8-4-3-5-18(21)11-22-14-21/h6-7,9,15-16,18,22H,3-5,8,10-14H2,1-2H3,(H,24,26)/t15?,16?,18-,21+/m0/s1. The number of amides is 1. The predicted octanol–water partition coefficient (Wildman–Crippen LogP) is 2.09. The Bertz CT molecular complexity index is 655. The first-order chi connectivity index (χ1) is 13.1. The Morgan fingerprint density at radius 3 is 2.89 bits per heavy atom. The van der Waals surface area contributed by atoms with Crippen molar-refractivity contribution < 1.29 is 9.53 Å². The molecule has 1 amide bonds. The number of ether oxygens (including phenoxy) is 1. The molecule has 1 aliphatic carbocycles. The minimum atomic E-state index is -0.189. The van der Waals surface area contributed by atoms with E-state index in [9.17, 15) is 4.79 Å². The van der Waals surface area contributed by atoms with E-state index in [4.69, 9.17) is 4.74 Å². The molecule has 0 spiro atoms. The Balaban J connectivity index is 1.35. The van der Waals surface area contributed by atoms with Gasteiger partial charge < -0.3 is 20.3 Å². The van der Waals surface area contributed by atoms with Crippen LogP contribution in [-0.2, 0) is 16.1 Å². The monoisotopic (exact) mass is 372 g/mol. The van der Waals surface area contributed by atoms with E-state index in [0.29, 0.717) is 12.5 Å². The highest BCUT2D eigenvalue weighted by atomic mass is 16.5. The molecule has 0 bridgehead atoms. The van der Waals surface area contributed by atoms with Gasteiger partial charge in [-0.15, -0.1) is 0 Å². The third-order valence-electron chi connectivity index (χ3n) is 6.50. The molecule has 2 N–H and O–H groups in total. The lowest BCUT2D eigenvalue weighted by atomic mass is 9.67. The zero-order valence-electron chi connectivity index (χ0n) is 16.5. The van der Waals surface area contributed by atoms with Crippen LogP contribution >= 0.6 is 0 Å². The van der Waals surface area contributed by atoms with E-state index in [1.165, 1.54) is 12.8 Å². The van der Waals surface area contributed by atoms with Crippen LogP contribution in [0.4, 0.5) is 5.82 Å². The molecule has 6 heteroatoms. The zero-order chi connectivity index (χ0) is 18.9. The predicted molar refractivity (Wildman–Crippen MR) is 106 cm³/mol. The fourth-order valence-electron chi connectivity index (χ4n) is 5.12. The second-order valence-electron chi connectivity index (χ2n) is 8.60. The maximum Gasteiger partial charge on any atom is 0.228 e. The summed E-state index contributed by atoms with van der Waals surface area (Å²) in [4.78, 5) is 19.9. The van der Waals surface area contributed by atoms with Crippen LogP contribution in [0.5, 0.6) is 0 Å². The summed E-state index contributed by atoms with van der Waals surface area (Å²) in [5.41, 5.74) is 0.863. The molecule has 2 aliphatic heterocycles. The molecule has 0 aromatic carbocycles. The number of morpholine rings is 1. The van der Waals surface area contributed by atoms with Crippen LogP contribution < -0.4 is 15.5 Å². The number of aromatic nitrogens is 1. The summed E-state index contributed by atoms with van der Waals surface area (Å²) in [6.07, 6.45) is 6.94. The van der Waals surface area contributed by atoms with Gasteiger partial charge in [-0.2, -0.15) is 0 Å². The number of carbonyl (C=O) groups excluding carboxylic acids is 1. The van der Waals surface area contributed by atoms with Crippen LogP contribution in [-0.4, -0.2) is 49.3 Å². The third kappa shape index (κ3) is 3.83. The SMILES string of the molecule is CC1CN(c2ccc(CNC(=O)[C@@]34CCCC[C@H]3CNC4)cn2)CC(C)O1. The van der Waals surface area contributed by atoms with Gasteiger partial charge in [0.25, 0.3) is 0 Å². The lowest BCUT2D eigenvalue weighted by molar-refractivity contribution is -0.134. The summed E-state index contributed by atoms with van der Waals surface area (Å²) >= 11 is 0. The molecule has 2 saturated heterocycles. The highest BCUT2D eigenvalue weighted by Crippen LogP contribution is 2.43. The van der Waals surface area contributed by atoms with Crippen molar-refractivity contribution in [1.82, 2.24) is 15.6 Å². The van der Waals surface area contributed by atoms with Crippen LogP contribution in [0.1, 0.15) is 45.1 Å². The zero-order valence-corrected chi connectivity index (χ0v) is 16.5. The molecule has 27 heavy (non-hydrogen) atoms. The molecule has 1 saturated carbocycles. The number of carbonyl (C=O) groups is 1. The molecule has 1 aromatic rings. The second kappa shape index (κ2) is 7.76. The van der Waals surface area contributed by atoms with E-state index in [2.05, 4.69) is 46.5 Å². The summed E-state index contributed by atoms with van der Waals surface area (Å²) in [5, 5.41) is 6.64. The maximum atomic E-state index is 13.0. The molecule has 6 nitrogen and oxygen atoms in total. The van der Waals surface area contributed by atoms with Gasteiger partial charge in [-0.3, -0.25) is 4.79 Å². The molecule has 4 atom stereocenters. The maximum absolute atomic E-state index is 13.0. The van der Waals surface area contributed by atoms with Gasteiger partial charge in [0.1, 0.15) is 5.82 Å². The van der Waals surface area contributed by atoms with Crippen LogP contribution in [0.3, 0.4) is 0 Å². The smallest absolute Gasteiger partial charge is 0.228 e. The van der Waals surface area contributed by atoms with Crippen molar-refractivity contribution in [3.8, 4) is 0 Å². The van der Waals surface area contributed by atoms with Gasteiger partial charge in [0.15, 0.2) is 0 Å². The van der Waals surface area contributed by atoms with Gasteiger partial charge in [-0.25, -0.2) is 4.98 Å². The Morgan fingerprint density at radius 1 is 1.33 bits per heavy atom. The molecule has 148 valence electrons. The van der Waals surface area contributed by atoms with Crippen LogP contribution in [0.25, 0.3) is 0 Å². The third-order valence-corrected chi connectivity index (χ3v) is 6.50. The number of pyridine rings is 1. The van der Waals surface area contributed by atoms with E-state index in [1.807, 2.05) is 6.20 Å². The molecule has 3 aliphatic rings. The quantitative estimate of drug-likeness (QED) is 0.847. The second-order valence-corrected chi connectivity index (χ2v) is 8.60. The average molecular weight is 373 g/mol. The van der Waals surface area contributed by atoms with Gasteiger partial charge >= 0.3 is 0 Å². The van der Waals surface area contributed by atoms with E-state index in [1.54, 1.807) is 0 Å². The van der Waals surface area contributed by atoms with Crippen molar-refractivity contribution in [2.24, 2.45) is 11.3 Å². The first-order valence-electron chi connectivity index (χ1n) is 10.4. The minimum Gasteiger partial charge on any atom is -0.372 e. The van der Waals surface area contributed by atoms with Gasteiger partial charge in [-0.05, 0) is 50.8 Å². The van der Waals surface area contributed by atoms with Crippen molar-refractivity contribution in [3.05, 3.63) is 23.9 Å². The normalized spacial score (nSPS) is 33.6. The number of rotatable bonds is 4. The Hall–Kier alpha value is -1.66. The van der Waals surface area contributed by atoms with Gasteiger partial charge in [0, 0.05) is 32.4 Å². The summed E-state index contributed by atoms with van der Waals surface area (Å²) in [6.45, 7) is 8.30. The fourth-order valence-corrected chi connectivity index (χ4v) is 5.12. The van der Waals surface area contributed by atoms with E-state index in [0.717, 1.165) is 50.4 Å². The summed E-state index contributed by atoms with van der Waals surface area (Å²) in [7, 11) is 0. The molecule has 0 radical (unpaired) electrons. The number of nitrogens with one attached hydrogen (secondary N) is 2. The molecule has 1 aromatic heterocycles. The van der Waals surface area contributed by atoms with Crippen LogP contribution in [0.2, 0.25) is 0 Å². The fraction of sp³-hybridized carbons (Fsp3) is 0.714. The number of nitrogens with zero attached hydrogens (tertiary/aromatic N) is 2. The van der Waals surface area contributed by atoms with Crippen LogP contribution in [0.15, 0.2) is 18.3 Å². The van der Waals surface area contributed by atoms with Crippen LogP contribution in [0, 0.1) is 11.3 Å². The highest BCUT2D eigenvalue weighted by molar-refractivity contribution is 5.83. The molecular formula is C21H32N4O2. The Morgan fingerprint density at radius 2 is 2.15 bits per heavy atom. The van der Waals surface area contributed by atoms with Gasteiger partial charge in [-0.1, -0.05) is 18.9 Å². The summed E-state index contributed by atoms with van der Waals surface area (Å²) in [5.74, 6) is 1.70. The van der Waals surface area contributed by atoms with Crippen molar-refractivity contribution in [1.29, 1.82) is 0 Å². The first kappa shape index (κ1) is 18.7. The molecule has 2 unspecified atom stereocenters. The summed E-state index contributed by atoms with van der Waals surface area (Å²) < 4.78 is 5.80. The number of hydrogen-bond donors (Lipinski definition) is 2. The largest absolute Gasteiger partial charge is 0.372 e. The minimum absolute atomic E-state index is 0.189. The van der Waals surface area contributed by atoms with Crippen molar-refractivity contribution in [2.75, 3.05) is 31.1 Å². The van der Waals surface area contributed by atoms with Gasteiger partial charge in [0.2, 0.25) is 5.91 Å².